The van der Waals surface area contributed by atoms with E-state index in [0.29, 0.717) is 17.8 Å². The van der Waals surface area contributed by atoms with Crippen LogP contribution in [0.25, 0.3) is 33.0 Å². The van der Waals surface area contributed by atoms with Crippen molar-refractivity contribution in [2.45, 2.75) is 13.0 Å². The quantitative estimate of drug-likeness (QED) is 0.483. The number of hydrogen-bond donors (Lipinski definition) is 0. The van der Waals surface area contributed by atoms with Crippen molar-refractivity contribution >= 4 is 33.2 Å². The highest BCUT2D eigenvalue weighted by Gasteiger charge is 2.23. The van der Waals surface area contributed by atoms with E-state index < -0.39 is 0 Å². The highest BCUT2D eigenvalue weighted by atomic mass is 32.1. The van der Waals surface area contributed by atoms with Gasteiger partial charge in [-0.1, -0.05) is 42.5 Å². The number of halogens is 1. The molecule has 2 aromatic carbocycles. The molecule has 0 radical (unpaired) electrons. The number of allylic oxidation sites excluding steroid dienone is 1. The average Bonchev–Trinajstić information content (AvgIpc) is 3.28. The van der Waals surface area contributed by atoms with Gasteiger partial charge in [-0.2, -0.15) is 0 Å². The predicted octanol–water partition coefficient (Wildman–Crippen LogP) is 5.21. The van der Waals surface area contributed by atoms with E-state index in [1.54, 1.807) is 10.6 Å². The molecule has 0 atom stereocenters. The number of fused-ring (bicyclic) bond motifs is 2. The zero-order valence-corrected chi connectivity index (χ0v) is 15.2. The lowest BCUT2D eigenvalue weighted by Crippen LogP contribution is -2.20. The highest BCUT2D eigenvalue weighted by molar-refractivity contribution is 7.17. The maximum absolute atomic E-state index is 13.5. The molecule has 0 amide bonds. The van der Waals surface area contributed by atoms with E-state index in [1.165, 1.54) is 23.5 Å². The van der Waals surface area contributed by atoms with Crippen molar-refractivity contribution in [2.75, 3.05) is 0 Å². The second-order valence-corrected chi connectivity index (χ2v) is 7.42. The van der Waals surface area contributed by atoms with Gasteiger partial charge in [0, 0.05) is 17.5 Å². The van der Waals surface area contributed by atoms with Crippen LogP contribution in [0, 0.1) is 5.82 Å². The molecule has 1 aliphatic rings. The molecule has 0 unspecified atom stereocenters. The van der Waals surface area contributed by atoms with Crippen molar-refractivity contribution in [3.63, 3.8) is 0 Å². The van der Waals surface area contributed by atoms with Gasteiger partial charge in [-0.15, -0.1) is 11.3 Å². The van der Waals surface area contributed by atoms with Crippen molar-refractivity contribution in [3.8, 4) is 11.1 Å². The smallest absolute Gasteiger partial charge is 0.263 e. The summed E-state index contributed by atoms with van der Waals surface area (Å²) in [6.45, 7) is 0.600. The lowest BCUT2D eigenvalue weighted by atomic mass is 10.1. The first-order chi connectivity index (χ1) is 13.2. The van der Waals surface area contributed by atoms with Crippen LogP contribution >= 0.6 is 11.3 Å². The number of aromatic nitrogens is 2. The molecule has 0 saturated carbocycles. The monoisotopic (exact) mass is 374 g/mol. The van der Waals surface area contributed by atoms with Crippen LogP contribution in [0.15, 0.2) is 64.8 Å². The zero-order chi connectivity index (χ0) is 18.4. The van der Waals surface area contributed by atoms with Crippen LogP contribution in [0.2, 0.25) is 0 Å². The Kier molecular flexibility index (Phi) is 3.76. The lowest BCUT2D eigenvalue weighted by Gasteiger charge is -2.05. The van der Waals surface area contributed by atoms with E-state index in [4.69, 9.17) is 4.98 Å². The Morgan fingerprint density at radius 1 is 1.11 bits per heavy atom. The van der Waals surface area contributed by atoms with Gasteiger partial charge in [0.05, 0.1) is 5.39 Å². The summed E-state index contributed by atoms with van der Waals surface area (Å²) < 4.78 is 15.2. The number of rotatable bonds is 2. The molecule has 5 heteroatoms. The topological polar surface area (TPSA) is 34.9 Å². The number of hydrogen-bond acceptors (Lipinski definition) is 3. The Balaban J connectivity index is 1.68. The molecule has 3 nitrogen and oxygen atoms in total. The van der Waals surface area contributed by atoms with Crippen molar-refractivity contribution in [1.82, 2.24) is 9.55 Å². The fourth-order valence-corrected chi connectivity index (χ4v) is 4.52. The molecule has 0 bridgehead atoms. The van der Waals surface area contributed by atoms with Crippen molar-refractivity contribution in [3.05, 3.63) is 87.5 Å². The van der Waals surface area contributed by atoms with E-state index in [-0.39, 0.29) is 11.4 Å². The Morgan fingerprint density at radius 2 is 1.96 bits per heavy atom. The van der Waals surface area contributed by atoms with Gasteiger partial charge < -0.3 is 0 Å². The van der Waals surface area contributed by atoms with Crippen LogP contribution in [0.4, 0.5) is 4.39 Å². The van der Waals surface area contributed by atoms with E-state index in [2.05, 4.69) is 0 Å². The minimum Gasteiger partial charge on any atom is -0.292 e. The van der Waals surface area contributed by atoms with Gasteiger partial charge in [0.1, 0.15) is 16.5 Å². The van der Waals surface area contributed by atoms with Crippen molar-refractivity contribution < 1.29 is 4.39 Å². The molecule has 0 spiro atoms. The van der Waals surface area contributed by atoms with Crippen molar-refractivity contribution in [1.29, 1.82) is 0 Å². The fraction of sp³-hybridized carbons (Fsp3) is 0.0909. The molecule has 4 aromatic rings. The molecule has 5 rings (SSSR count). The standard InChI is InChI=1S/C22H15FN2OS/c23-17-8-4-5-14(12-17)11-16-9-10-25-20(16)24-21-19(22(25)26)18(13-27-21)15-6-2-1-3-7-15/h1-8,11-13H,9-10H2/b16-11+. The lowest BCUT2D eigenvalue weighted by molar-refractivity contribution is 0.627. The Hall–Kier alpha value is -3.05. The summed E-state index contributed by atoms with van der Waals surface area (Å²) in [5.41, 5.74) is 3.71. The minimum atomic E-state index is -0.270. The van der Waals surface area contributed by atoms with E-state index in [1.807, 2.05) is 47.9 Å². The molecular weight excluding hydrogens is 359 g/mol. The van der Waals surface area contributed by atoms with Gasteiger partial charge >= 0.3 is 0 Å². The van der Waals surface area contributed by atoms with Crippen LogP contribution in [0.1, 0.15) is 17.8 Å². The Morgan fingerprint density at radius 3 is 2.78 bits per heavy atom. The van der Waals surface area contributed by atoms with Gasteiger partial charge in [-0.3, -0.25) is 9.36 Å². The minimum absolute atomic E-state index is 0.00209. The molecule has 0 N–H and O–H groups in total. The summed E-state index contributed by atoms with van der Waals surface area (Å²) in [5, 5.41) is 2.68. The SMILES string of the molecule is O=c1c2c(-c3ccccc3)csc2nc2n1CC/C2=C\c1cccc(F)c1. The predicted molar refractivity (Wildman–Crippen MR) is 108 cm³/mol. The summed E-state index contributed by atoms with van der Waals surface area (Å²) in [6.07, 6.45) is 2.64. The molecule has 132 valence electrons. The third-order valence-corrected chi connectivity index (χ3v) is 5.73. The highest BCUT2D eigenvalue weighted by Crippen LogP contribution is 2.34. The summed E-state index contributed by atoms with van der Waals surface area (Å²) in [4.78, 5) is 18.7. The van der Waals surface area contributed by atoms with E-state index in [0.717, 1.165) is 33.5 Å². The Bertz CT molecular complexity index is 1250. The maximum Gasteiger partial charge on any atom is 0.263 e. The number of nitrogens with zero attached hydrogens (tertiary/aromatic N) is 2. The third kappa shape index (κ3) is 2.71. The van der Waals surface area contributed by atoms with Crippen LogP contribution in [-0.4, -0.2) is 9.55 Å². The second kappa shape index (κ2) is 6.28. The zero-order valence-electron chi connectivity index (χ0n) is 14.4. The summed E-state index contributed by atoms with van der Waals surface area (Å²) in [5.74, 6) is 0.423. The van der Waals surface area contributed by atoms with Gasteiger partial charge in [-0.05, 0) is 41.3 Å². The molecule has 3 heterocycles. The average molecular weight is 374 g/mol. The molecule has 0 saturated heterocycles. The maximum atomic E-state index is 13.5. The number of thiophene rings is 1. The molecular formula is C22H15FN2OS. The Labute approximate surface area is 159 Å². The van der Waals surface area contributed by atoms with Gasteiger partial charge in [0.25, 0.3) is 5.56 Å². The first-order valence-electron chi connectivity index (χ1n) is 8.75. The van der Waals surface area contributed by atoms with Crippen molar-refractivity contribution in [2.24, 2.45) is 0 Å². The van der Waals surface area contributed by atoms with Crippen LogP contribution in [-0.2, 0) is 6.54 Å². The first-order valence-corrected chi connectivity index (χ1v) is 9.62. The van der Waals surface area contributed by atoms with Gasteiger partial charge in [0.15, 0.2) is 0 Å². The third-order valence-electron chi connectivity index (χ3n) is 4.86. The largest absolute Gasteiger partial charge is 0.292 e. The number of benzene rings is 2. The second-order valence-electron chi connectivity index (χ2n) is 6.56. The summed E-state index contributed by atoms with van der Waals surface area (Å²) in [6, 6.07) is 16.4. The van der Waals surface area contributed by atoms with Crippen LogP contribution < -0.4 is 5.56 Å². The first kappa shape index (κ1) is 16.1. The summed E-state index contributed by atoms with van der Waals surface area (Å²) >= 11 is 1.49. The summed E-state index contributed by atoms with van der Waals surface area (Å²) in [7, 11) is 0. The van der Waals surface area contributed by atoms with Gasteiger partial charge in [0.2, 0.25) is 0 Å². The molecule has 0 fully saturated rings. The molecule has 27 heavy (non-hydrogen) atoms. The molecule has 2 aromatic heterocycles. The van der Waals surface area contributed by atoms with E-state index >= 15 is 0 Å². The molecule has 0 aliphatic carbocycles. The van der Waals surface area contributed by atoms with E-state index in [9.17, 15) is 9.18 Å². The normalized spacial score (nSPS) is 14.8. The van der Waals surface area contributed by atoms with Crippen LogP contribution in [0.3, 0.4) is 0 Å². The molecule has 1 aliphatic heterocycles. The van der Waals surface area contributed by atoms with Crippen LogP contribution in [0.5, 0.6) is 0 Å². The fourth-order valence-electron chi connectivity index (χ4n) is 3.59. The van der Waals surface area contributed by atoms with Gasteiger partial charge in [-0.25, -0.2) is 9.37 Å².